The zero-order valence-corrected chi connectivity index (χ0v) is 16.0. The molecule has 1 fully saturated rings. The van der Waals surface area contributed by atoms with E-state index in [9.17, 15) is 14.4 Å². The smallest absolute Gasteiger partial charge is 0.256 e. The van der Waals surface area contributed by atoms with Crippen LogP contribution in [0.1, 0.15) is 23.2 Å². The van der Waals surface area contributed by atoms with Gasteiger partial charge in [-0.25, -0.2) is 4.90 Å². The Labute approximate surface area is 166 Å². The summed E-state index contributed by atoms with van der Waals surface area (Å²) in [6.45, 7) is 0.547. The van der Waals surface area contributed by atoms with Gasteiger partial charge in [0, 0.05) is 16.5 Å². The molecule has 0 bridgehead atoms. The summed E-state index contributed by atoms with van der Waals surface area (Å²) >= 11 is 7.23. The lowest BCUT2D eigenvalue weighted by Crippen LogP contribution is -2.47. The van der Waals surface area contributed by atoms with Gasteiger partial charge in [0.1, 0.15) is 6.04 Å². The van der Waals surface area contributed by atoms with Gasteiger partial charge in [0.2, 0.25) is 5.91 Å². The maximum Gasteiger partial charge on any atom is 0.256 e. The molecule has 0 aliphatic carbocycles. The number of para-hydroxylation sites is 1. The van der Waals surface area contributed by atoms with E-state index in [4.69, 9.17) is 11.6 Å². The summed E-state index contributed by atoms with van der Waals surface area (Å²) < 4.78 is 0. The molecule has 5 nitrogen and oxygen atoms in total. The van der Waals surface area contributed by atoms with E-state index >= 15 is 0 Å². The van der Waals surface area contributed by atoms with Crippen LogP contribution in [-0.4, -0.2) is 41.0 Å². The molecule has 2 aliphatic rings. The van der Waals surface area contributed by atoms with E-state index in [1.54, 1.807) is 41.3 Å². The Kier molecular flexibility index (Phi) is 4.93. The van der Waals surface area contributed by atoms with Crippen LogP contribution in [0.4, 0.5) is 5.69 Å². The van der Waals surface area contributed by atoms with Gasteiger partial charge in [0.15, 0.2) is 0 Å². The van der Waals surface area contributed by atoms with Crippen molar-refractivity contribution in [1.29, 1.82) is 0 Å². The number of fused-ring (bicyclic) bond motifs is 2. The van der Waals surface area contributed by atoms with Gasteiger partial charge in [-0.1, -0.05) is 23.7 Å². The second-order valence-corrected chi connectivity index (χ2v) is 7.97. The molecule has 1 atom stereocenters. The molecule has 7 heteroatoms. The standard InChI is InChI=1S/C20H17ClN2O3S/c21-13-7-9-14(10-8-13)27-12-18(24)23-16-5-2-1-4-15(16)19(25)22-11-3-6-17(22)20(23)26/h1-2,4-5,7-10,17H,3,6,11-12H2/t17-/m1/s1. The Balaban J connectivity index is 1.64. The molecule has 1 saturated heterocycles. The van der Waals surface area contributed by atoms with Gasteiger partial charge >= 0.3 is 0 Å². The highest BCUT2D eigenvalue weighted by molar-refractivity contribution is 8.00. The Hall–Kier alpha value is -2.31. The van der Waals surface area contributed by atoms with Crippen molar-refractivity contribution in [2.24, 2.45) is 0 Å². The van der Waals surface area contributed by atoms with Gasteiger partial charge in [-0.3, -0.25) is 14.4 Å². The van der Waals surface area contributed by atoms with E-state index < -0.39 is 6.04 Å². The van der Waals surface area contributed by atoms with Crippen molar-refractivity contribution in [3.05, 3.63) is 59.1 Å². The number of carbonyl (C=O) groups is 3. The Morgan fingerprint density at radius 3 is 2.63 bits per heavy atom. The van der Waals surface area contributed by atoms with Gasteiger partial charge in [0.25, 0.3) is 11.8 Å². The molecule has 4 rings (SSSR count). The summed E-state index contributed by atoms with van der Waals surface area (Å²) in [7, 11) is 0. The number of halogens is 1. The third kappa shape index (κ3) is 3.35. The van der Waals surface area contributed by atoms with Crippen LogP contribution < -0.4 is 4.90 Å². The highest BCUT2D eigenvalue weighted by atomic mass is 35.5. The first-order chi connectivity index (χ1) is 13.1. The van der Waals surface area contributed by atoms with E-state index in [0.717, 1.165) is 11.3 Å². The minimum Gasteiger partial charge on any atom is -0.327 e. The summed E-state index contributed by atoms with van der Waals surface area (Å²) in [6, 6.07) is 13.5. The number of imide groups is 1. The Morgan fingerprint density at radius 2 is 1.85 bits per heavy atom. The predicted octanol–water partition coefficient (Wildman–Crippen LogP) is 3.61. The zero-order valence-electron chi connectivity index (χ0n) is 14.4. The van der Waals surface area contributed by atoms with Crippen LogP contribution in [-0.2, 0) is 9.59 Å². The molecular formula is C20H17ClN2O3S. The van der Waals surface area contributed by atoms with Crippen LogP contribution in [0.3, 0.4) is 0 Å². The second-order valence-electron chi connectivity index (χ2n) is 6.48. The number of benzene rings is 2. The number of carbonyl (C=O) groups excluding carboxylic acids is 3. The number of amides is 3. The first-order valence-corrected chi connectivity index (χ1v) is 10.1. The number of hydrogen-bond acceptors (Lipinski definition) is 4. The molecule has 138 valence electrons. The van der Waals surface area contributed by atoms with Crippen LogP contribution in [0.25, 0.3) is 0 Å². The van der Waals surface area contributed by atoms with Gasteiger partial charge in [-0.05, 0) is 49.2 Å². The lowest BCUT2D eigenvalue weighted by Gasteiger charge is -2.24. The highest BCUT2D eigenvalue weighted by Crippen LogP contribution is 2.33. The quantitative estimate of drug-likeness (QED) is 0.738. The normalized spacial score (nSPS) is 18.9. The van der Waals surface area contributed by atoms with Crippen LogP contribution in [0.15, 0.2) is 53.4 Å². The maximum absolute atomic E-state index is 13.1. The molecule has 0 aromatic heterocycles. The van der Waals surface area contributed by atoms with E-state index in [1.807, 2.05) is 12.1 Å². The molecule has 2 aliphatic heterocycles. The fraction of sp³-hybridized carbons (Fsp3) is 0.250. The van der Waals surface area contributed by atoms with Crippen molar-refractivity contribution in [1.82, 2.24) is 4.90 Å². The summed E-state index contributed by atoms with van der Waals surface area (Å²) in [4.78, 5) is 42.7. The second kappa shape index (κ2) is 7.37. The largest absolute Gasteiger partial charge is 0.327 e. The minimum atomic E-state index is -0.561. The van der Waals surface area contributed by atoms with Gasteiger partial charge < -0.3 is 4.90 Å². The zero-order chi connectivity index (χ0) is 19.0. The molecule has 3 amide bonds. The van der Waals surface area contributed by atoms with Crippen molar-refractivity contribution >= 4 is 46.8 Å². The Bertz CT molecular complexity index is 916. The molecule has 27 heavy (non-hydrogen) atoms. The monoisotopic (exact) mass is 400 g/mol. The summed E-state index contributed by atoms with van der Waals surface area (Å²) in [5.74, 6) is -0.716. The van der Waals surface area contributed by atoms with E-state index in [-0.39, 0.29) is 23.5 Å². The molecule has 0 unspecified atom stereocenters. The number of nitrogens with zero attached hydrogens (tertiary/aromatic N) is 2. The van der Waals surface area contributed by atoms with Gasteiger partial charge in [0.05, 0.1) is 17.0 Å². The average Bonchev–Trinajstić information content (AvgIpc) is 3.14. The average molecular weight is 401 g/mol. The molecule has 0 saturated carbocycles. The molecule has 0 radical (unpaired) electrons. The van der Waals surface area contributed by atoms with Crippen molar-refractivity contribution in [2.45, 2.75) is 23.8 Å². The van der Waals surface area contributed by atoms with Crippen LogP contribution >= 0.6 is 23.4 Å². The Morgan fingerprint density at radius 1 is 1.11 bits per heavy atom. The molecule has 2 aromatic rings. The van der Waals surface area contributed by atoms with Crippen LogP contribution in [0, 0.1) is 0 Å². The van der Waals surface area contributed by atoms with Crippen LogP contribution in [0.5, 0.6) is 0 Å². The number of rotatable bonds is 3. The van der Waals surface area contributed by atoms with Crippen molar-refractivity contribution in [2.75, 3.05) is 17.2 Å². The fourth-order valence-corrected chi connectivity index (χ4v) is 4.41. The lowest BCUT2D eigenvalue weighted by molar-refractivity contribution is -0.127. The van der Waals surface area contributed by atoms with Crippen molar-refractivity contribution < 1.29 is 14.4 Å². The molecule has 0 spiro atoms. The molecular weight excluding hydrogens is 384 g/mol. The maximum atomic E-state index is 13.1. The molecule has 2 aromatic carbocycles. The first kappa shape index (κ1) is 18.1. The summed E-state index contributed by atoms with van der Waals surface area (Å²) in [5.41, 5.74) is 0.781. The molecule has 0 N–H and O–H groups in total. The van der Waals surface area contributed by atoms with E-state index in [2.05, 4.69) is 0 Å². The SMILES string of the molecule is O=C(CSc1ccc(Cl)cc1)N1C(=O)[C@H]2CCCN2C(=O)c2ccccc21. The first-order valence-electron chi connectivity index (χ1n) is 8.71. The third-order valence-corrected chi connectivity index (χ3v) is 6.07. The van der Waals surface area contributed by atoms with E-state index in [0.29, 0.717) is 29.2 Å². The number of anilines is 1. The van der Waals surface area contributed by atoms with Crippen LogP contribution in [0.2, 0.25) is 5.02 Å². The number of thioether (sulfide) groups is 1. The van der Waals surface area contributed by atoms with E-state index in [1.165, 1.54) is 16.7 Å². The summed E-state index contributed by atoms with van der Waals surface area (Å²) in [5, 5.41) is 0.627. The lowest BCUT2D eigenvalue weighted by atomic mass is 10.1. The molecule has 2 heterocycles. The van der Waals surface area contributed by atoms with Gasteiger partial charge in [-0.2, -0.15) is 0 Å². The minimum absolute atomic E-state index is 0.0998. The highest BCUT2D eigenvalue weighted by Gasteiger charge is 2.43. The van der Waals surface area contributed by atoms with Gasteiger partial charge in [-0.15, -0.1) is 11.8 Å². The summed E-state index contributed by atoms with van der Waals surface area (Å²) in [6.07, 6.45) is 1.36. The van der Waals surface area contributed by atoms with Crippen molar-refractivity contribution in [3.63, 3.8) is 0 Å². The topological polar surface area (TPSA) is 57.7 Å². The third-order valence-electron chi connectivity index (χ3n) is 4.82. The number of hydrogen-bond donors (Lipinski definition) is 0. The predicted molar refractivity (Wildman–Crippen MR) is 105 cm³/mol. The fourth-order valence-electron chi connectivity index (χ4n) is 3.54. The van der Waals surface area contributed by atoms with Crippen molar-refractivity contribution in [3.8, 4) is 0 Å².